The quantitative estimate of drug-likeness (QED) is 0.479. The molecular weight excluding hydrogens is 281 g/mol. The van der Waals surface area contributed by atoms with Crippen LogP contribution >= 0.6 is 0 Å². The van der Waals surface area contributed by atoms with E-state index in [1.165, 1.54) is 14.0 Å². The van der Waals surface area contributed by atoms with Crippen molar-refractivity contribution in [2.75, 3.05) is 23.9 Å². The zero-order chi connectivity index (χ0) is 15.5. The Kier molecular flexibility index (Phi) is 4.65. The van der Waals surface area contributed by atoms with E-state index in [1.807, 2.05) is 0 Å². The maximum Gasteiger partial charge on any atom is 0.390 e. The van der Waals surface area contributed by atoms with Crippen LogP contribution in [0.4, 0.5) is 30.6 Å². The third-order valence-electron chi connectivity index (χ3n) is 2.44. The van der Waals surface area contributed by atoms with Crippen LogP contribution < -0.4 is 16.2 Å². The molecule has 0 aliphatic heterocycles. The number of nitrogens with zero attached hydrogens (tertiary/aromatic N) is 4. The van der Waals surface area contributed by atoms with Crippen molar-refractivity contribution in [1.29, 1.82) is 0 Å². The number of rotatable bonds is 5. The Balaban J connectivity index is 3.13. The molecule has 0 spiro atoms. The minimum Gasteiger partial charge on any atom is -0.353 e. The van der Waals surface area contributed by atoms with Gasteiger partial charge in [-0.15, -0.1) is 0 Å². The summed E-state index contributed by atoms with van der Waals surface area (Å²) < 4.78 is 36.6. The average Bonchev–Trinajstić information content (AvgIpc) is 2.33. The molecule has 0 unspecified atom stereocenters. The van der Waals surface area contributed by atoms with Crippen LogP contribution in [0.3, 0.4) is 0 Å². The summed E-state index contributed by atoms with van der Waals surface area (Å²) in [5, 5.41) is 11.0. The van der Waals surface area contributed by atoms with Crippen LogP contribution in [0.15, 0.2) is 0 Å². The van der Waals surface area contributed by atoms with E-state index in [4.69, 9.17) is 5.84 Å². The molecule has 0 aromatic carbocycles. The number of aryl methyl sites for hydroxylation is 1. The van der Waals surface area contributed by atoms with Crippen LogP contribution in [0.25, 0.3) is 0 Å². The molecular formula is C9H13F3N6O2. The van der Waals surface area contributed by atoms with Gasteiger partial charge in [0.15, 0.2) is 0 Å². The fourth-order valence-corrected chi connectivity index (χ4v) is 1.50. The lowest BCUT2D eigenvalue weighted by molar-refractivity contribution is -0.385. The van der Waals surface area contributed by atoms with Gasteiger partial charge in [-0.3, -0.25) is 15.5 Å². The zero-order valence-electron chi connectivity index (χ0n) is 10.7. The Morgan fingerprint density at radius 1 is 1.45 bits per heavy atom. The van der Waals surface area contributed by atoms with E-state index in [1.54, 1.807) is 0 Å². The summed E-state index contributed by atoms with van der Waals surface area (Å²) in [5.74, 6) is 4.78. The molecule has 0 atom stereocenters. The summed E-state index contributed by atoms with van der Waals surface area (Å²) in [6, 6.07) is 0. The molecule has 3 N–H and O–H groups in total. The van der Waals surface area contributed by atoms with Gasteiger partial charge in [0.25, 0.3) is 0 Å². The lowest BCUT2D eigenvalue weighted by Gasteiger charge is -2.19. The van der Waals surface area contributed by atoms with Gasteiger partial charge in [-0.1, -0.05) is 0 Å². The fraction of sp³-hybridized carbons (Fsp3) is 0.556. The number of nitrogens with two attached hydrogens (primary N) is 1. The number of nitro groups is 1. The average molecular weight is 294 g/mol. The SMILES string of the molecule is Cc1nc(NN)nc(N(C)CCC(F)(F)F)c1[N+](=O)[O-]. The highest BCUT2D eigenvalue weighted by Gasteiger charge is 2.30. The first kappa shape index (κ1) is 15.9. The normalized spacial score (nSPS) is 11.3. The van der Waals surface area contributed by atoms with Gasteiger partial charge >= 0.3 is 11.9 Å². The van der Waals surface area contributed by atoms with Gasteiger partial charge in [0.1, 0.15) is 5.69 Å². The molecule has 0 bridgehead atoms. The van der Waals surface area contributed by atoms with Crippen LogP contribution in [0, 0.1) is 17.0 Å². The summed E-state index contributed by atoms with van der Waals surface area (Å²) in [5.41, 5.74) is 1.66. The minimum atomic E-state index is -4.36. The summed E-state index contributed by atoms with van der Waals surface area (Å²) >= 11 is 0. The van der Waals surface area contributed by atoms with Crippen molar-refractivity contribution in [2.24, 2.45) is 5.84 Å². The van der Waals surface area contributed by atoms with Gasteiger partial charge in [0, 0.05) is 13.6 Å². The second kappa shape index (κ2) is 5.86. The molecule has 0 aliphatic carbocycles. The Bertz CT molecular complexity index is 507. The third kappa shape index (κ3) is 3.91. The molecule has 0 radical (unpaired) electrons. The first-order chi connectivity index (χ1) is 9.15. The molecule has 112 valence electrons. The van der Waals surface area contributed by atoms with Gasteiger partial charge in [-0.25, -0.2) is 10.8 Å². The Morgan fingerprint density at radius 2 is 2.05 bits per heavy atom. The predicted molar refractivity (Wildman–Crippen MR) is 65.2 cm³/mol. The molecule has 0 amide bonds. The van der Waals surface area contributed by atoms with E-state index in [2.05, 4.69) is 15.4 Å². The fourth-order valence-electron chi connectivity index (χ4n) is 1.50. The molecule has 0 saturated heterocycles. The largest absolute Gasteiger partial charge is 0.390 e. The van der Waals surface area contributed by atoms with Gasteiger partial charge < -0.3 is 4.90 Å². The summed E-state index contributed by atoms with van der Waals surface area (Å²) in [4.78, 5) is 18.7. The molecule has 11 heteroatoms. The van der Waals surface area contributed by atoms with Crippen molar-refractivity contribution >= 4 is 17.5 Å². The van der Waals surface area contributed by atoms with Gasteiger partial charge in [-0.05, 0) is 6.92 Å². The number of aromatic nitrogens is 2. The number of anilines is 2. The van der Waals surface area contributed by atoms with E-state index < -0.39 is 29.8 Å². The van der Waals surface area contributed by atoms with Crippen LogP contribution in [-0.2, 0) is 0 Å². The van der Waals surface area contributed by atoms with Gasteiger partial charge in [0.2, 0.25) is 11.8 Å². The van der Waals surface area contributed by atoms with Crippen LogP contribution in [0.1, 0.15) is 12.1 Å². The Hall–Kier alpha value is -2.17. The number of nitrogens with one attached hydrogen (secondary N) is 1. The highest BCUT2D eigenvalue weighted by atomic mass is 19.4. The Labute approximate surface area is 111 Å². The van der Waals surface area contributed by atoms with Crippen LogP contribution in [0.5, 0.6) is 0 Å². The monoisotopic (exact) mass is 294 g/mol. The van der Waals surface area contributed by atoms with Crippen molar-refractivity contribution in [3.63, 3.8) is 0 Å². The summed E-state index contributed by atoms with van der Waals surface area (Å²) in [6.45, 7) is 0.882. The molecule has 0 aliphatic rings. The van der Waals surface area contributed by atoms with Gasteiger partial charge in [0.05, 0.1) is 11.3 Å². The maximum atomic E-state index is 12.2. The molecule has 0 saturated carbocycles. The third-order valence-corrected chi connectivity index (χ3v) is 2.44. The summed E-state index contributed by atoms with van der Waals surface area (Å²) in [6.07, 6.45) is -5.48. The topological polar surface area (TPSA) is 110 Å². The van der Waals surface area contributed by atoms with Crippen molar-refractivity contribution in [1.82, 2.24) is 9.97 Å². The van der Waals surface area contributed by atoms with Crippen molar-refractivity contribution in [3.05, 3.63) is 15.8 Å². The number of hydrazine groups is 1. The van der Waals surface area contributed by atoms with E-state index in [0.29, 0.717) is 0 Å². The van der Waals surface area contributed by atoms with Crippen molar-refractivity contribution < 1.29 is 18.1 Å². The predicted octanol–water partition coefficient (Wildman–Crippen LogP) is 1.37. The van der Waals surface area contributed by atoms with E-state index in [0.717, 1.165) is 4.90 Å². The van der Waals surface area contributed by atoms with Crippen molar-refractivity contribution in [2.45, 2.75) is 19.5 Å². The first-order valence-corrected chi connectivity index (χ1v) is 5.43. The Morgan fingerprint density at radius 3 is 2.50 bits per heavy atom. The smallest absolute Gasteiger partial charge is 0.353 e. The van der Waals surface area contributed by atoms with Gasteiger partial charge in [-0.2, -0.15) is 18.2 Å². The standard InChI is InChI=1S/C9H13F3N6O2/c1-5-6(18(19)20)7(15-8(14-5)16-13)17(2)4-3-9(10,11)12/h3-4,13H2,1-2H3,(H,14,15,16). The second-order valence-corrected chi connectivity index (χ2v) is 3.99. The minimum absolute atomic E-state index is 0.00630. The highest BCUT2D eigenvalue weighted by Crippen LogP contribution is 2.30. The molecule has 1 aromatic heterocycles. The number of hydrogen-bond acceptors (Lipinski definition) is 7. The lowest BCUT2D eigenvalue weighted by Crippen LogP contribution is -2.26. The van der Waals surface area contributed by atoms with Crippen LogP contribution in [0.2, 0.25) is 0 Å². The molecule has 0 fully saturated rings. The molecule has 1 heterocycles. The van der Waals surface area contributed by atoms with E-state index in [-0.39, 0.29) is 17.5 Å². The van der Waals surface area contributed by atoms with E-state index in [9.17, 15) is 23.3 Å². The summed E-state index contributed by atoms with van der Waals surface area (Å²) in [7, 11) is 1.28. The molecule has 1 rings (SSSR count). The number of halogens is 3. The zero-order valence-corrected chi connectivity index (χ0v) is 10.7. The highest BCUT2D eigenvalue weighted by molar-refractivity contribution is 5.61. The van der Waals surface area contributed by atoms with E-state index >= 15 is 0 Å². The second-order valence-electron chi connectivity index (χ2n) is 3.99. The molecule has 20 heavy (non-hydrogen) atoms. The van der Waals surface area contributed by atoms with Crippen molar-refractivity contribution in [3.8, 4) is 0 Å². The number of nitrogen functional groups attached to an aromatic ring is 1. The number of hydrogen-bond donors (Lipinski definition) is 2. The molecule has 8 nitrogen and oxygen atoms in total. The lowest BCUT2D eigenvalue weighted by atomic mass is 10.3. The first-order valence-electron chi connectivity index (χ1n) is 5.43. The molecule has 1 aromatic rings. The van der Waals surface area contributed by atoms with Crippen LogP contribution in [-0.4, -0.2) is 34.7 Å². The number of alkyl halides is 3. The maximum absolute atomic E-state index is 12.2.